The molecule has 5 heteroatoms. The third-order valence-electron chi connectivity index (χ3n) is 2.55. The van der Waals surface area contributed by atoms with Crippen LogP contribution in [0.3, 0.4) is 0 Å². The first-order valence-corrected chi connectivity index (χ1v) is 5.73. The average molecular weight is 261 g/mol. The van der Waals surface area contributed by atoms with Gasteiger partial charge >= 0.3 is 0 Å². The van der Waals surface area contributed by atoms with E-state index in [1.165, 1.54) is 0 Å². The Kier molecular flexibility index (Phi) is 4.74. The summed E-state index contributed by atoms with van der Waals surface area (Å²) in [6.07, 6.45) is 0. The van der Waals surface area contributed by atoms with E-state index >= 15 is 0 Å². The van der Waals surface area contributed by atoms with Gasteiger partial charge in [0, 0.05) is 5.56 Å². The van der Waals surface area contributed by atoms with Crippen LogP contribution in [0.2, 0.25) is 5.02 Å². The molecule has 18 heavy (non-hydrogen) atoms. The van der Waals surface area contributed by atoms with Crippen LogP contribution in [0.5, 0.6) is 0 Å². The SMILES string of the molecule is CC(C)c1ccc(C(NN)=C(C#N)C#N)c(Cl)c1. The monoisotopic (exact) mass is 260 g/mol. The number of allylic oxidation sites excluding steroid dienone is 1. The van der Waals surface area contributed by atoms with Gasteiger partial charge in [-0.2, -0.15) is 10.5 Å². The Morgan fingerprint density at radius 2 is 1.94 bits per heavy atom. The van der Waals surface area contributed by atoms with Crippen LogP contribution in [-0.4, -0.2) is 0 Å². The lowest BCUT2D eigenvalue weighted by molar-refractivity contribution is 0.866. The molecule has 3 N–H and O–H groups in total. The van der Waals surface area contributed by atoms with Crippen LogP contribution in [0.15, 0.2) is 23.8 Å². The van der Waals surface area contributed by atoms with Crippen molar-refractivity contribution in [2.45, 2.75) is 19.8 Å². The van der Waals surface area contributed by atoms with Gasteiger partial charge in [-0.1, -0.05) is 37.6 Å². The number of halogens is 1. The van der Waals surface area contributed by atoms with Crippen molar-refractivity contribution in [3.05, 3.63) is 39.9 Å². The van der Waals surface area contributed by atoms with Crippen LogP contribution in [0.4, 0.5) is 0 Å². The zero-order chi connectivity index (χ0) is 13.7. The molecule has 0 unspecified atom stereocenters. The fourth-order valence-electron chi connectivity index (χ4n) is 1.51. The molecule has 0 amide bonds. The summed E-state index contributed by atoms with van der Waals surface area (Å²) in [6, 6.07) is 9.03. The van der Waals surface area contributed by atoms with Crippen LogP contribution in [0.1, 0.15) is 30.9 Å². The van der Waals surface area contributed by atoms with Crippen molar-refractivity contribution >= 4 is 17.3 Å². The van der Waals surface area contributed by atoms with Crippen molar-refractivity contribution in [1.29, 1.82) is 10.5 Å². The van der Waals surface area contributed by atoms with E-state index < -0.39 is 0 Å². The number of hydrazine groups is 1. The lowest BCUT2D eigenvalue weighted by atomic mass is 9.99. The van der Waals surface area contributed by atoms with Crippen LogP contribution in [0, 0.1) is 22.7 Å². The Labute approximate surface area is 111 Å². The summed E-state index contributed by atoms with van der Waals surface area (Å²) < 4.78 is 0. The Morgan fingerprint density at radius 3 is 2.33 bits per heavy atom. The topological polar surface area (TPSA) is 85.6 Å². The van der Waals surface area contributed by atoms with Gasteiger partial charge in [0.25, 0.3) is 0 Å². The minimum Gasteiger partial charge on any atom is -0.322 e. The molecule has 0 aromatic heterocycles. The molecule has 0 saturated carbocycles. The maximum absolute atomic E-state index is 8.85. The number of nitriles is 2. The van der Waals surface area contributed by atoms with Crippen LogP contribution in [-0.2, 0) is 0 Å². The molecule has 0 aliphatic rings. The molecule has 0 saturated heterocycles. The van der Waals surface area contributed by atoms with E-state index in [9.17, 15) is 0 Å². The van der Waals surface area contributed by atoms with Crippen molar-refractivity contribution < 1.29 is 0 Å². The molecule has 0 atom stereocenters. The zero-order valence-electron chi connectivity index (χ0n) is 10.2. The van der Waals surface area contributed by atoms with E-state index in [0.717, 1.165) is 5.56 Å². The third-order valence-corrected chi connectivity index (χ3v) is 2.86. The molecule has 1 aromatic rings. The highest BCUT2D eigenvalue weighted by atomic mass is 35.5. The van der Waals surface area contributed by atoms with Gasteiger partial charge in [-0.15, -0.1) is 0 Å². The van der Waals surface area contributed by atoms with Crippen LogP contribution < -0.4 is 11.3 Å². The molecule has 4 nitrogen and oxygen atoms in total. The maximum atomic E-state index is 8.85. The second kappa shape index (κ2) is 6.07. The molecule has 0 aliphatic heterocycles. The normalized spacial score (nSPS) is 9.50. The predicted octanol–water partition coefficient (Wildman–Crippen LogP) is 2.68. The van der Waals surface area contributed by atoms with Gasteiger partial charge < -0.3 is 5.43 Å². The summed E-state index contributed by atoms with van der Waals surface area (Å²) in [4.78, 5) is 0. The fourth-order valence-corrected chi connectivity index (χ4v) is 1.80. The van der Waals surface area contributed by atoms with E-state index in [1.54, 1.807) is 18.2 Å². The lowest BCUT2D eigenvalue weighted by Gasteiger charge is -2.12. The molecule has 92 valence electrons. The standard InChI is InChI=1S/C13H13ClN4/c1-8(2)9-3-4-11(12(14)5-9)13(18-17)10(6-15)7-16/h3-5,8,18H,17H2,1-2H3. The molecule has 0 spiro atoms. The Morgan fingerprint density at radius 1 is 1.33 bits per heavy atom. The van der Waals surface area contributed by atoms with Crippen molar-refractivity contribution in [3.63, 3.8) is 0 Å². The van der Waals surface area contributed by atoms with Gasteiger partial charge in [0.1, 0.15) is 12.1 Å². The van der Waals surface area contributed by atoms with E-state index in [4.69, 9.17) is 28.0 Å². The molecule has 1 rings (SSSR count). The molecular formula is C13H13ClN4. The first-order chi connectivity index (χ1) is 8.54. The number of nitrogens with two attached hydrogens (primary N) is 1. The number of hydrogen-bond donors (Lipinski definition) is 2. The summed E-state index contributed by atoms with van der Waals surface area (Å²) in [5, 5.41) is 18.2. The number of hydrogen-bond acceptors (Lipinski definition) is 4. The highest BCUT2D eigenvalue weighted by molar-refractivity contribution is 6.32. The maximum Gasteiger partial charge on any atom is 0.154 e. The van der Waals surface area contributed by atoms with Gasteiger partial charge in [-0.25, -0.2) is 0 Å². The molecule has 1 aromatic carbocycles. The van der Waals surface area contributed by atoms with E-state index in [1.807, 2.05) is 12.1 Å². The zero-order valence-corrected chi connectivity index (χ0v) is 10.9. The number of nitrogens with one attached hydrogen (secondary N) is 1. The van der Waals surface area contributed by atoms with Gasteiger partial charge in [0.15, 0.2) is 5.57 Å². The highest BCUT2D eigenvalue weighted by Gasteiger charge is 2.12. The van der Waals surface area contributed by atoms with Gasteiger partial charge in [-0.05, 0) is 17.5 Å². The average Bonchev–Trinajstić information content (AvgIpc) is 2.36. The Balaban J connectivity index is 3.39. The fraction of sp³-hybridized carbons (Fsp3) is 0.231. The second-order valence-corrected chi connectivity index (χ2v) is 4.42. The minimum atomic E-state index is -0.100. The van der Waals surface area contributed by atoms with Crippen molar-refractivity contribution in [2.75, 3.05) is 0 Å². The number of nitrogens with zero attached hydrogens (tertiary/aromatic N) is 2. The lowest BCUT2D eigenvalue weighted by Crippen LogP contribution is -2.21. The first-order valence-electron chi connectivity index (χ1n) is 5.36. The summed E-state index contributed by atoms with van der Waals surface area (Å²) >= 11 is 6.16. The van der Waals surface area contributed by atoms with Gasteiger partial charge in [-0.3, -0.25) is 5.84 Å². The minimum absolute atomic E-state index is 0.100. The molecule has 0 radical (unpaired) electrons. The van der Waals surface area contributed by atoms with Gasteiger partial charge in [0.2, 0.25) is 0 Å². The molecule has 0 fully saturated rings. The van der Waals surface area contributed by atoms with E-state index in [-0.39, 0.29) is 11.3 Å². The molecule has 0 aliphatic carbocycles. The summed E-state index contributed by atoms with van der Waals surface area (Å²) in [6.45, 7) is 4.11. The van der Waals surface area contributed by atoms with Gasteiger partial charge in [0.05, 0.1) is 10.7 Å². The smallest absolute Gasteiger partial charge is 0.154 e. The molecular weight excluding hydrogens is 248 g/mol. The number of benzene rings is 1. The van der Waals surface area contributed by atoms with Crippen molar-refractivity contribution in [3.8, 4) is 12.1 Å². The van der Waals surface area contributed by atoms with E-state index in [0.29, 0.717) is 16.5 Å². The van der Waals surface area contributed by atoms with Crippen molar-refractivity contribution in [2.24, 2.45) is 5.84 Å². The van der Waals surface area contributed by atoms with Crippen LogP contribution in [0.25, 0.3) is 5.70 Å². The second-order valence-electron chi connectivity index (χ2n) is 4.01. The molecule has 0 bridgehead atoms. The summed E-state index contributed by atoms with van der Waals surface area (Å²) in [7, 11) is 0. The highest BCUT2D eigenvalue weighted by Crippen LogP contribution is 2.27. The van der Waals surface area contributed by atoms with Crippen LogP contribution >= 0.6 is 11.6 Å². The van der Waals surface area contributed by atoms with E-state index in [2.05, 4.69) is 19.3 Å². The molecule has 0 heterocycles. The third kappa shape index (κ3) is 2.81. The Bertz CT molecular complexity index is 545. The number of rotatable bonds is 3. The first kappa shape index (κ1) is 14.1. The predicted molar refractivity (Wildman–Crippen MR) is 71.0 cm³/mol. The summed E-state index contributed by atoms with van der Waals surface area (Å²) in [5.41, 5.74) is 4.12. The largest absolute Gasteiger partial charge is 0.322 e. The Hall–Kier alpha value is -2.01. The quantitative estimate of drug-likeness (QED) is 0.497. The summed E-state index contributed by atoms with van der Waals surface area (Å²) in [5.74, 6) is 5.70. The van der Waals surface area contributed by atoms with Crippen molar-refractivity contribution in [1.82, 2.24) is 5.43 Å².